The van der Waals surface area contributed by atoms with Gasteiger partial charge in [-0.3, -0.25) is 4.79 Å². The van der Waals surface area contributed by atoms with Gasteiger partial charge >= 0.3 is 0 Å². The molecule has 1 N–H and O–H groups in total. The smallest absolute Gasteiger partial charge is 0.171 e. The van der Waals surface area contributed by atoms with Crippen molar-refractivity contribution in [1.29, 1.82) is 0 Å². The molecule has 1 aromatic heterocycles. The maximum atomic E-state index is 12.5. The van der Waals surface area contributed by atoms with Crippen LogP contribution in [0.4, 0.5) is 5.82 Å². The minimum absolute atomic E-state index is 0.143. The van der Waals surface area contributed by atoms with Crippen LogP contribution in [0, 0.1) is 5.41 Å². The summed E-state index contributed by atoms with van der Waals surface area (Å²) < 4.78 is 0. The number of carbonyl (C=O) groups is 1. The molecule has 0 aromatic carbocycles. The molecule has 0 radical (unpaired) electrons. The number of rotatable bonds is 11. The van der Waals surface area contributed by atoms with Gasteiger partial charge in [-0.05, 0) is 18.6 Å². The Morgan fingerprint density at radius 1 is 1.04 bits per heavy atom. The van der Waals surface area contributed by atoms with Crippen LogP contribution in [0.15, 0.2) is 18.3 Å². The molecule has 0 bridgehead atoms. The van der Waals surface area contributed by atoms with Crippen molar-refractivity contribution in [3.63, 3.8) is 0 Å². The highest BCUT2D eigenvalue weighted by molar-refractivity contribution is 6.03. The van der Waals surface area contributed by atoms with E-state index in [1.807, 2.05) is 32.9 Å². The fraction of sp³-hybridized carbons (Fsp3) is 0.700. The highest BCUT2D eigenvalue weighted by atomic mass is 16.1. The van der Waals surface area contributed by atoms with E-state index >= 15 is 0 Å². The third-order valence-corrected chi connectivity index (χ3v) is 4.06. The van der Waals surface area contributed by atoms with Crippen molar-refractivity contribution in [2.24, 2.45) is 5.41 Å². The third kappa shape index (κ3) is 7.62. The SMILES string of the molecule is CCCCCCCCCCNc1ncccc1C(=O)C(C)(C)C. The van der Waals surface area contributed by atoms with Gasteiger partial charge in [-0.1, -0.05) is 72.6 Å². The van der Waals surface area contributed by atoms with Crippen molar-refractivity contribution in [1.82, 2.24) is 4.98 Å². The van der Waals surface area contributed by atoms with Crippen LogP contribution in [-0.4, -0.2) is 17.3 Å². The van der Waals surface area contributed by atoms with Gasteiger partial charge in [-0.15, -0.1) is 0 Å². The monoisotopic (exact) mass is 318 g/mol. The summed E-state index contributed by atoms with van der Waals surface area (Å²) in [6.07, 6.45) is 12.2. The highest BCUT2D eigenvalue weighted by Gasteiger charge is 2.25. The Kier molecular flexibility index (Phi) is 8.90. The fourth-order valence-corrected chi connectivity index (χ4v) is 2.60. The van der Waals surface area contributed by atoms with Crippen LogP contribution in [-0.2, 0) is 0 Å². The molecular formula is C20H34N2O. The van der Waals surface area contributed by atoms with Crippen molar-refractivity contribution in [2.45, 2.75) is 79.1 Å². The molecule has 0 fully saturated rings. The van der Waals surface area contributed by atoms with Gasteiger partial charge in [0.05, 0.1) is 5.56 Å². The Morgan fingerprint density at radius 2 is 1.65 bits per heavy atom. The van der Waals surface area contributed by atoms with Crippen LogP contribution >= 0.6 is 0 Å². The summed E-state index contributed by atoms with van der Waals surface area (Å²) in [7, 11) is 0. The molecule has 1 rings (SSSR count). The lowest BCUT2D eigenvalue weighted by Gasteiger charge is -2.18. The number of nitrogens with one attached hydrogen (secondary N) is 1. The summed E-state index contributed by atoms with van der Waals surface area (Å²) >= 11 is 0. The first-order valence-corrected chi connectivity index (χ1v) is 9.20. The summed E-state index contributed by atoms with van der Waals surface area (Å²) in [6, 6.07) is 3.71. The molecule has 0 atom stereocenters. The first-order valence-electron chi connectivity index (χ1n) is 9.20. The lowest BCUT2D eigenvalue weighted by Crippen LogP contribution is -2.22. The molecule has 130 valence electrons. The molecule has 0 aliphatic heterocycles. The van der Waals surface area contributed by atoms with Crippen molar-refractivity contribution >= 4 is 11.6 Å². The van der Waals surface area contributed by atoms with Gasteiger partial charge in [0.15, 0.2) is 5.78 Å². The van der Waals surface area contributed by atoms with E-state index in [4.69, 9.17) is 0 Å². The molecule has 3 heteroatoms. The lowest BCUT2D eigenvalue weighted by molar-refractivity contribution is 0.0859. The summed E-state index contributed by atoms with van der Waals surface area (Å²) in [5.74, 6) is 0.874. The Morgan fingerprint density at radius 3 is 2.26 bits per heavy atom. The van der Waals surface area contributed by atoms with E-state index in [0.717, 1.165) is 18.8 Å². The number of aromatic nitrogens is 1. The Bertz CT molecular complexity index is 463. The summed E-state index contributed by atoms with van der Waals surface area (Å²) in [5.41, 5.74) is 0.331. The number of unbranched alkanes of at least 4 members (excludes halogenated alkanes) is 7. The summed E-state index contributed by atoms with van der Waals surface area (Å²) in [4.78, 5) is 16.8. The zero-order valence-corrected chi connectivity index (χ0v) is 15.5. The summed E-state index contributed by atoms with van der Waals surface area (Å²) in [5, 5.41) is 3.35. The van der Waals surface area contributed by atoms with Gasteiger partial charge < -0.3 is 5.32 Å². The molecule has 0 amide bonds. The molecule has 0 saturated carbocycles. The van der Waals surface area contributed by atoms with Crippen molar-refractivity contribution in [2.75, 3.05) is 11.9 Å². The van der Waals surface area contributed by atoms with Gasteiger partial charge in [0.1, 0.15) is 5.82 Å². The van der Waals surface area contributed by atoms with Crippen LogP contribution in [0.1, 0.15) is 89.4 Å². The molecule has 0 aliphatic carbocycles. The largest absolute Gasteiger partial charge is 0.369 e. The van der Waals surface area contributed by atoms with E-state index in [1.54, 1.807) is 6.20 Å². The number of pyridine rings is 1. The van der Waals surface area contributed by atoms with E-state index in [-0.39, 0.29) is 11.2 Å². The number of carbonyl (C=O) groups excluding carboxylic acids is 1. The average molecular weight is 319 g/mol. The van der Waals surface area contributed by atoms with E-state index in [2.05, 4.69) is 17.2 Å². The van der Waals surface area contributed by atoms with Gasteiger partial charge in [0, 0.05) is 18.2 Å². The van der Waals surface area contributed by atoms with E-state index in [1.165, 1.54) is 44.9 Å². The standard InChI is InChI=1S/C20H34N2O/c1-5-6-7-8-9-10-11-12-15-21-19-17(14-13-16-22-19)18(23)20(2,3)4/h13-14,16H,5-12,15H2,1-4H3,(H,21,22). The molecule has 1 heterocycles. The molecule has 3 nitrogen and oxygen atoms in total. The van der Waals surface area contributed by atoms with Crippen LogP contribution in [0.3, 0.4) is 0 Å². The predicted octanol–water partition coefficient (Wildman–Crippen LogP) is 5.86. The second kappa shape index (κ2) is 10.4. The lowest BCUT2D eigenvalue weighted by atomic mass is 9.87. The number of Topliss-reactive ketones (excluding diaryl/α,β-unsaturated/α-hetero) is 1. The Labute approximate surface area is 142 Å². The zero-order valence-electron chi connectivity index (χ0n) is 15.5. The van der Waals surface area contributed by atoms with Crippen LogP contribution < -0.4 is 5.32 Å². The number of nitrogens with zero attached hydrogens (tertiary/aromatic N) is 1. The van der Waals surface area contributed by atoms with Crippen molar-refractivity contribution in [3.8, 4) is 0 Å². The quantitative estimate of drug-likeness (QED) is 0.410. The third-order valence-electron chi connectivity index (χ3n) is 4.06. The van der Waals surface area contributed by atoms with Crippen LogP contribution in [0.25, 0.3) is 0 Å². The topological polar surface area (TPSA) is 42.0 Å². The highest BCUT2D eigenvalue weighted by Crippen LogP contribution is 2.24. The molecule has 23 heavy (non-hydrogen) atoms. The van der Waals surface area contributed by atoms with Gasteiger partial charge in [0.2, 0.25) is 0 Å². The van der Waals surface area contributed by atoms with Gasteiger partial charge in [-0.2, -0.15) is 0 Å². The van der Waals surface area contributed by atoms with Crippen molar-refractivity contribution < 1.29 is 4.79 Å². The number of hydrogen-bond acceptors (Lipinski definition) is 3. The van der Waals surface area contributed by atoms with Crippen molar-refractivity contribution in [3.05, 3.63) is 23.9 Å². The number of ketones is 1. The number of anilines is 1. The minimum atomic E-state index is -0.377. The van der Waals surface area contributed by atoms with E-state index in [9.17, 15) is 4.79 Å². The van der Waals surface area contributed by atoms with Gasteiger partial charge in [0.25, 0.3) is 0 Å². The normalized spacial score (nSPS) is 11.5. The second-order valence-electron chi connectivity index (χ2n) is 7.38. The molecule has 0 aliphatic rings. The maximum Gasteiger partial charge on any atom is 0.171 e. The van der Waals surface area contributed by atoms with Gasteiger partial charge in [-0.25, -0.2) is 4.98 Å². The first kappa shape index (κ1) is 19.7. The second-order valence-corrected chi connectivity index (χ2v) is 7.38. The van der Waals surface area contributed by atoms with Crippen LogP contribution in [0.5, 0.6) is 0 Å². The Balaban J connectivity index is 2.32. The van der Waals surface area contributed by atoms with E-state index < -0.39 is 0 Å². The fourth-order valence-electron chi connectivity index (χ4n) is 2.60. The summed E-state index contributed by atoms with van der Waals surface area (Å²) in [6.45, 7) is 8.98. The maximum absolute atomic E-state index is 12.5. The molecule has 1 aromatic rings. The molecule has 0 spiro atoms. The van der Waals surface area contributed by atoms with Crippen LogP contribution in [0.2, 0.25) is 0 Å². The first-order chi connectivity index (χ1) is 11.0. The molecular weight excluding hydrogens is 284 g/mol. The molecule has 0 saturated heterocycles. The van der Waals surface area contributed by atoms with E-state index in [0.29, 0.717) is 5.56 Å². The number of hydrogen-bond donors (Lipinski definition) is 1. The predicted molar refractivity (Wildman–Crippen MR) is 99.1 cm³/mol. The average Bonchev–Trinajstić information content (AvgIpc) is 2.52. The minimum Gasteiger partial charge on any atom is -0.369 e. The Hall–Kier alpha value is -1.38. The zero-order chi connectivity index (χ0) is 17.1. The molecule has 0 unspecified atom stereocenters.